The average Bonchev–Trinajstić information content (AvgIpc) is 3.41. The summed E-state index contributed by atoms with van der Waals surface area (Å²) in [6, 6.07) is 8.54. The molecular formula is C28H41N3O4S. The van der Waals surface area contributed by atoms with Gasteiger partial charge < -0.3 is 20.6 Å². The number of carbonyl (C=O) groups is 3. The molecule has 0 saturated carbocycles. The van der Waals surface area contributed by atoms with E-state index >= 15 is 0 Å². The third-order valence-electron chi connectivity index (χ3n) is 8.39. The Morgan fingerprint density at radius 2 is 1.89 bits per heavy atom. The number of nitrogens with one attached hydrogen (secondary N) is 2. The normalized spacial score (nSPS) is 32.8. The van der Waals surface area contributed by atoms with E-state index in [4.69, 9.17) is 0 Å². The van der Waals surface area contributed by atoms with Crippen molar-refractivity contribution in [3.8, 4) is 0 Å². The van der Waals surface area contributed by atoms with Crippen LogP contribution in [0.3, 0.4) is 0 Å². The van der Waals surface area contributed by atoms with E-state index in [0.29, 0.717) is 6.54 Å². The van der Waals surface area contributed by atoms with Gasteiger partial charge in [-0.25, -0.2) is 0 Å². The minimum atomic E-state index is -0.725. The fraction of sp³-hybridized carbons (Fsp3) is 0.679. The number of fused-ring (bicyclic) bond motifs is 1. The number of likely N-dealkylation sites (tertiary alicyclic amines) is 1. The van der Waals surface area contributed by atoms with Crippen LogP contribution in [0.4, 0.5) is 0 Å². The van der Waals surface area contributed by atoms with Crippen molar-refractivity contribution in [2.75, 3.05) is 6.61 Å². The lowest BCUT2D eigenvalue weighted by atomic mass is 9.65. The highest BCUT2D eigenvalue weighted by molar-refractivity contribution is 8.02. The van der Waals surface area contributed by atoms with E-state index in [2.05, 4.69) is 17.6 Å². The van der Waals surface area contributed by atoms with Crippen molar-refractivity contribution in [2.24, 2.45) is 23.7 Å². The van der Waals surface area contributed by atoms with Crippen molar-refractivity contribution in [3.05, 3.63) is 35.9 Å². The van der Waals surface area contributed by atoms with Crippen LogP contribution in [0.1, 0.15) is 59.9 Å². The van der Waals surface area contributed by atoms with Crippen LogP contribution in [0, 0.1) is 23.7 Å². The zero-order valence-corrected chi connectivity index (χ0v) is 23.1. The summed E-state index contributed by atoms with van der Waals surface area (Å²) in [5.74, 6) is -1.44. The second-order valence-electron chi connectivity index (χ2n) is 11.9. The largest absolute Gasteiger partial charge is 0.394 e. The molecule has 198 valence electrons. The first-order valence-electron chi connectivity index (χ1n) is 13.2. The SMILES string of the molecule is CC[C@H](C)[C@H](CO)N1C(=O)[C@@H]2[C@H](C(=O)NCc3ccccc3)[C@@H]3CC(C)C2(S3)C1C(=O)NC(C)(C)C. The smallest absolute Gasteiger partial charge is 0.244 e. The van der Waals surface area contributed by atoms with E-state index in [-0.39, 0.29) is 41.4 Å². The van der Waals surface area contributed by atoms with Gasteiger partial charge in [0.1, 0.15) is 6.04 Å². The van der Waals surface area contributed by atoms with Crippen molar-refractivity contribution in [1.82, 2.24) is 15.5 Å². The van der Waals surface area contributed by atoms with E-state index in [1.807, 2.05) is 65.0 Å². The third-order valence-corrected chi connectivity index (χ3v) is 10.5. The van der Waals surface area contributed by atoms with E-state index in [0.717, 1.165) is 18.4 Å². The molecule has 36 heavy (non-hydrogen) atoms. The summed E-state index contributed by atoms with van der Waals surface area (Å²) < 4.78 is -0.688. The Morgan fingerprint density at radius 1 is 1.22 bits per heavy atom. The fourth-order valence-electron chi connectivity index (χ4n) is 6.57. The molecule has 1 aromatic rings. The number of amides is 3. The first kappa shape index (κ1) is 27.0. The lowest BCUT2D eigenvalue weighted by Crippen LogP contribution is -2.61. The molecular weight excluding hydrogens is 474 g/mol. The first-order valence-corrected chi connectivity index (χ1v) is 14.1. The number of nitrogens with zero attached hydrogens (tertiary/aromatic N) is 1. The summed E-state index contributed by atoms with van der Waals surface area (Å²) in [5, 5.41) is 16.6. The van der Waals surface area contributed by atoms with Crippen LogP contribution in [0.5, 0.6) is 0 Å². The topological polar surface area (TPSA) is 98.7 Å². The van der Waals surface area contributed by atoms with Crippen molar-refractivity contribution >= 4 is 29.5 Å². The summed E-state index contributed by atoms with van der Waals surface area (Å²) in [5.41, 5.74) is 0.534. The first-order chi connectivity index (χ1) is 17.0. The van der Waals surface area contributed by atoms with Gasteiger partial charge in [0.05, 0.1) is 29.2 Å². The Balaban J connectivity index is 1.72. The summed E-state index contributed by atoms with van der Waals surface area (Å²) in [6.45, 7) is 12.1. The quantitative estimate of drug-likeness (QED) is 0.495. The van der Waals surface area contributed by atoms with Gasteiger partial charge in [-0.1, -0.05) is 57.5 Å². The fourth-order valence-corrected chi connectivity index (χ4v) is 8.98. The molecule has 3 saturated heterocycles. The van der Waals surface area contributed by atoms with Crippen LogP contribution in [-0.4, -0.2) is 62.0 Å². The molecule has 4 rings (SSSR count). The predicted octanol–water partition coefficient (Wildman–Crippen LogP) is 2.96. The van der Waals surface area contributed by atoms with E-state index < -0.39 is 34.2 Å². The average molecular weight is 516 g/mol. The molecule has 8 atom stereocenters. The van der Waals surface area contributed by atoms with Crippen LogP contribution in [0.25, 0.3) is 0 Å². The molecule has 1 aromatic carbocycles. The second-order valence-corrected chi connectivity index (χ2v) is 13.4. The summed E-state index contributed by atoms with van der Waals surface area (Å²) in [7, 11) is 0. The Bertz CT molecular complexity index is 996. The molecule has 3 aliphatic rings. The Morgan fingerprint density at radius 3 is 2.47 bits per heavy atom. The Kier molecular flexibility index (Phi) is 7.50. The molecule has 3 heterocycles. The highest BCUT2D eigenvalue weighted by Crippen LogP contribution is 2.68. The molecule has 7 nitrogen and oxygen atoms in total. The highest BCUT2D eigenvalue weighted by atomic mass is 32.2. The molecule has 8 heteroatoms. The monoisotopic (exact) mass is 515 g/mol. The molecule has 0 aromatic heterocycles. The van der Waals surface area contributed by atoms with E-state index in [1.54, 1.807) is 16.7 Å². The van der Waals surface area contributed by atoms with Crippen LogP contribution >= 0.6 is 11.8 Å². The molecule has 3 aliphatic heterocycles. The van der Waals surface area contributed by atoms with Crippen LogP contribution < -0.4 is 10.6 Å². The number of benzene rings is 1. The lowest BCUT2D eigenvalue weighted by molar-refractivity contribution is -0.144. The molecule has 1 spiro atoms. The predicted molar refractivity (Wildman–Crippen MR) is 142 cm³/mol. The number of hydrogen-bond acceptors (Lipinski definition) is 5. The van der Waals surface area contributed by atoms with Gasteiger partial charge >= 0.3 is 0 Å². The van der Waals surface area contributed by atoms with Gasteiger partial charge in [0.25, 0.3) is 0 Å². The van der Waals surface area contributed by atoms with Gasteiger partial charge in [-0.2, -0.15) is 0 Å². The Labute approximate surface area is 219 Å². The van der Waals surface area contributed by atoms with Crippen molar-refractivity contribution in [2.45, 2.75) is 88.5 Å². The summed E-state index contributed by atoms with van der Waals surface area (Å²) in [6.07, 6.45) is 1.56. The molecule has 0 aliphatic carbocycles. The van der Waals surface area contributed by atoms with Gasteiger partial charge in [0.2, 0.25) is 17.7 Å². The van der Waals surface area contributed by atoms with Crippen LogP contribution in [0.2, 0.25) is 0 Å². The minimum Gasteiger partial charge on any atom is -0.394 e. The summed E-state index contributed by atoms with van der Waals surface area (Å²) in [4.78, 5) is 43.4. The van der Waals surface area contributed by atoms with E-state index in [9.17, 15) is 19.5 Å². The molecule has 3 unspecified atom stereocenters. The number of aliphatic hydroxyl groups excluding tert-OH is 1. The standard InChI is InChI=1S/C28H41N3O4S/c1-7-16(2)19(15-32)31-23(25(34)30-27(4,5)6)28-17(3)13-20(36-28)21(22(28)26(31)35)24(33)29-14-18-11-9-8-10-12-18/h8-12,16-17,19-23,32H,7,13-15H2,1-6H3,(H,29,33)(H,30,34)/t16-,17?,19-,20-,21+,22-,23?,28?/m0/s1. The molecule has 3 fully saturated rings. The van der Waals surface area contributed by atoms with Gasteiger partial charge in [0.15, 0.2) is 0 Å². The minimum absolute atomic E-state index is 0.00650. The number of rotatable bonds is 8. The third kappa shape index (κ3) is 4.44. The summed E-state index contributed by atoms with van der Waals surface area (Å²) >= 11 is 1.67. The number of thioether (sulfide) groups is 1. The molecule has 3 N–H and O–H groups in total. The second kappa shape index (κ2) is 10.0. The zero-order chi connectivity index (χ0) is 26.4. The van der Waals surface area contributed by atoms with E-state index in [1.165, 1.54) is 0 Å². The maximum Gasteiger partial charge on any atom is 0.244 e. The molecule has 0 radical (unpaired) electrons. The number of carbonyl (C=O) groups excluding carboxylic acids is 3. The van der Waals surface area contributed by atoms with Gasteiger partial charge in [-0.05, 0) is 44.6 Å². The van der Waals surface area contributed by atoms with Gasteiger partial charge in [-0.3, -0.25) is 14.4 Å². The van der Waals surface area contributed by atoms with Crippen molar-refractivity contribution in [3.63, 3.8) is 0 Å². The number of aliphatic hydroxyl groups is 1. The highest BCUT2D eigenvalue weighted by Gasteiger charge is 2.76. The van der Waals surface area contributed by atoms with Crippen LogP contribution in [0.15, 0.2) is 30.3 Å². The van der Waals surface area contributed by atoms with Gasteiger partial charge in [-0.15, -0.1) is 11.8 Å². The van der Waals surface area contributed by atoms with Crippen molar-refractivity contribution < 1.29 is 19.5 Å². The molecule has 2 bridgehead atoms. The zero-order valence-electron chi connectivity index (χ0n) is 22.3. The van der Waals surface area contributed by atoms with Crippen LogP contribution in [-0.2, 0) is 20.9 Å². The Hall–Kier alpha value is -2.06. The number of hydrogen-bond donors (Lipinski definition) is 3. The molecule has 3 amide bonds. The maximum absolute atomic E-state index is 14.2. The maximum atomic E-state index is 14.2. The van der Waals surface area contributed by atoms with Gasteiger partial charge in [0, 0.05) is 17.3 Å². The lowest BCUT2D eigenvalue weighted by Gasteiger charge is -2.42. The van der Waals surface area contributed by atoms with Crippen molar-refractivity contribution in [1.29, 1.82) is 0 Å².